The van der Waals surface area contributed by atoms with Crippen molar-refractivity contribution in [2.75, 3.05) is 24.6 Å². The van der Waals surface area contributed by atoms with E-state index < -0.39 is 40.3 Å². The average Bonchev–Trinajstić information content (AvgIpc) is 2.71. The number of carbonyl (C=O) groups excluding carboxylic acids is 1. The molecule has 0 aromatic carbocycles. The van der Waals surface area contributed by atoms with Gasteiger partial charge >= 0.3 is 193 Å². The molecular weight excluding hydrogens is 462 g/mol. The van der Waals surface area contributed by atoms with E-state index in [4.69, 9.17) is 4.52 Å². The Hall–Kier alpha value is -0.400. The van der Waals surface area contributed by atoms with Crippen molar-refractivity contribution in [2.24, 2.45) is 5.92 Å². The van der Waals surface area contributed by atoms with Gasteiger partial charge in [-0.3, -0.25) is 0 Å². The van der Waals surface area contributed by atoms with Gasteiger partial charge in [-0.1, -0.05) is 0 Å². The van der Waals surface area contributed by atoms with Crippen LogP contribution in [0.5, 0.6) is 0 Å². The predicted octanol–water partition coefficient (Wildman–Crippen LogP) is 6.66. The molecule has 0 aliphatic rings. The molecule has 0 saturated carbocycles. The fraction of sp³-hybridized carbons (Fsp3) is 0.955. The van der Waals surface area contributed by atoms with E-state index in [2.05, 4.69) is 27.7 Å². The van der Waals surface area contributed by atoms with Gasteiger partial charge in [0.25, 0.3) is 0 Å². The van der Waals surface area contributed by atoms with E-state index in [-0.39, 0.29) is 0 Å². The zero-order valence-corrected chi connectivity index (χ0v) is 22.5. The monoisotopic (exact) mass is 507 g/mol. The predicted molar refractivity (Wildman–Crippen MR) is 129 cm³/mol. The first-order valence-electron chi connectivity index (χ1n) is 12.1. The summed E-state index contributed by atoms with van der Waals surface area (Å²) >= 11 is 0. The second-order valence-corrected chi connectivity index (χ2v) is 16.8. The minimum absolute atomic E-state index is 0.684. The van der Waals surface area contributed by atoms with Gasteiger partial charge in [0.1, 0.15) is 0 Å². The Morgan fingerprint density at radius 2 is 1.19 bits per heavy atom. The number of alkyl halides is 3. The normalized spacial score (nSPS) is 15.4. The van der Waals surface area contributed by atoms with Crippen LogP contribution in [0.1, 0.15) is 92.9 Å². The Labute approximate surface area is 193 Å². The van der Waals surface area contributed by atoms with Gasteiger partial charge in [0.05, 0.1) is 0 Å². The molecule has 0 fully saturated rings. The molecule has 0 spiro atoms. The van der Waals surface area contributed by atoms with Gasteiger partial charge in [-0.05, 0) is 0 Å². The first-order chi connectivity index (χ1) is 14.7. The van der Waals surface area contributed by atoms with Crippen LogP contribution in [-0.4, -0.2) is 50.6 Å². The minimum atomic E-state index is -5.67. The van der Waals surface area contributed by atoms with Gasteiger partial charge in [-0.2, -0.15) is 0 Å². The molecular formula is C22H45F3NO4PS. The van der Waals surface area contributed by atoms with Crippen LogP contribution in [0.2, 0.25) is 0 Å². The van der Waals surface area contributed by atoms with E-state index in [1.54, 1.807) is 4.72 Å². The molecule has 0 rings (SSSR count). The zero-order valence-electron chi connectivity index (χ0n) is 20.8. The summed E-state index contributed by atoms with van der Waals surface area (Å²) in [6.07, 6.45) is 10.2. The molecule has 0 saturated heterocycles. The van der Waals surface area contributed by atoms with E-state index in [0.29, 0.717) is 0 Å². The van der Waals surface area contributed by atoms with E-state index >= 15 is 0 Å². The third-order valence-corrected chi connectivity index (χ3v) is 13.8. The summed E-state index contributed by atoms with van der Waals surface area (Å²) < 4.78 is 70.6. The molecule has 0 aromatic rings. The first-order valence-corrected chi connectivity index (χ1v) is 16.4. The van der Waals surface area contributed by atoms with Crippen molar-refractivity contribution in [3.63, 3.8) is 0 Å². The fourth-order valence-electron chi connectivity index (χ4n) is 4.09. The van der Waals surface area contributed by atoms with E-state index in [0.717, 1.165) is 76.0 Å². The number of rotatable bonds is 17. The summed E-state index contributed by atoms with van der Waals surface area (Å²) in [7, 11) is -5.67. The van der Waals surface area contributed by atoms with Crippen LogP contribution < -0.4 is 4.72 Å². The Balaban J connectivity index is 6.36. The van der Waals surface area contributed by atoms with Crippen molar-refractivity contribution >= 4 is 22.8 Å². The van der Waals surface area contributed by atoms with Crippen molar-refractivity contribution in [3.05, 3.63) is 0 Å². The molecule has 0 bridgehead atoms. The second kappa shape index (κ2) is 13.5. The average molecular weight is 508 g/mol. The van der Waals surface area contributed by atoms with Crippen LogP contribution >= 0.6 is 6.83 Å². The van der Waals surface area contributed by atoms with Gasteiger partial charge in [0.2, 0.25) is 0 Å². The Morgan fingerprint density at radius 1 is 0.844 bits per heavy atom. The van der Waals surface area contributed by atoms with Crippen molar-refractivity contribution < 1.29 is 30.9 Å². The third kappa shape index (κ3) is 9.09. The van der Waals surface area contributed by atoms with Gasteiger partial charge in [0.15, 0.2) is 0 Å². The number of carbonyl (C=O) groups is 1. The number of halogens is 3. The summed E-state index contributed by atoms with van der Waals surface area (Å²) in [6.45, 7) is 8.24. The van der Waals surface area contributed by atoms with Crippen molar-refractivity contribution in [3.8, 4) is 0 Å². The van der Waals surface area contributed by atoms with Gasteiger partial charge in [-0.15, -0.1) is 0 Å². The Bertz CT molecular complexity index is 625. The molecule has 0 amide bonds. The third-order valence-electron chi connectivity index (χ3n) is 6.16. The number of nitrogens with one attached hydrogen (secondary N) is 1. The maximum absolute atomic E-state index is 13.4. The Morgan fingerprint density at radius 3 is 1.44 bits per heavy atom. The molecule has 0 heterocycles. The Kier molecular flexibility index (Phi) is 13.3. The summed E-state index contributed by atoms with van der Waals surface area (Å²) in [5, 5.41) is 0. The summed E-state index contributed by atoms with van der Waals surface area (Å²) in [5.41, 5.74) is -5.49. The number of hydrogen-bond acceptors (Lipinski definition) is 4. The van der Waals surface area contributed by atoms with Crippen molar-refractivity contribution in [1.29, 1.82) is 0 Å². The quantitative estimate of drug-likeness (QED) is 0.223. The van der Waals surface area contributed by atoms with Gasteiger partial charge < -0.3 is 0 Å². The molecule has 0 aromatic heterocycles. The van der Waals surface area contributed by atoms with Crippen LogP contribution in [0.15, 0.2) is 0 Å². The number of unbranched alkanes of at least 4 members (excludes halogenated alkanes) is 4. The van der Waals surface area contributed by atoms with Crippen LogP contribution in [0.25, 0.3) is 0 Å². The molecule has 10 heteroatoms. The summed E-state index contributed by atoms with van der Waals surface area (Å²) in [6, 6.07) is -1.57. The van der Waals surface area contributed by atoms with Crippen molar-refractivity contribution in [1.82, 2.24) is 4.72 Å². The van der Waals surface area contributed by atoms with Crippen LogP contribution in [0.3, 0.4) is 0 Å². The molecule has 5 nitrogen and oxygen atoms in total. The second-order valence-electron chi connectivity index (χ2n) is 9.37. The molecule has 0 unspecified atom stereocenters. The first kappa shape index (κ1) is 31.6. The molecule has 194 valence electrons. The van der Waals surface area contributed by atoms with Crippen LogP contribution in [0, 0.1) is 5.92 Å². The van der Waals surface area contributed by atoms with Crippen molar-refractivity contribution in [2.45, 2.75) is 104 Å². The maximum atomic E-state index is 13.4. The molecule has 1 atom stereocenters. The van der Waals surface area contributed by atoms with Crippen LogP contribution in [-0.2, 0) is 19.3 Å². The zero-order chi connectivity index (χ0) is 25.1. The van der Waals surface area contributed by atoms with E-state index in [1.807, 2.05) is 0 Å². The summed E-state index contributed by atoms with van der Waals surface area (Å²) in [5.74, 6) is -1.54. The van der Waals surface area contributed by atoms with Gasteiger partial charge in [-0.25, -0.2) is 0 Å². The SMILES string of the molecule is CCCCP(CCCC)(CCCC)(CCCC)OC(=O)[C@H](NS(=O)(=O)C(F)(F)F)C(C)C. The van der Waals surface area contributed by atoms with E-state index in [9.17, 15) is 26.4 Å². The molecule has 32 heavy (non-hydrogen) atoms. The fourth-order valence-corrected chi connectivity index (χ4v) is 11.7. The number of hydrogen-bond donors (Lipinski definition) is 1. The standard InChI is InChI=1S/C22H45F3NO4PS/c1-7-11-15-31(16-12-8-2,17-13-9-3,18-14-10-4)30-21(27)20(19(5)6)26-32(28,29)22(23,24)25/h19-20,26H,7-18H2,1-6H3/t20-/m1/s1. The molecule has 1 N–H and O–H groups in total. The van der Waals surface area contributed by atoms with E-state index in [1.165, 1.54) is 13.8 Å². The molecule has 0 aliphatic heterocycles. The van der Waals surface area contributed by atoms with Crippen LogP contribution in [0.4, 0.5) is 13.2 Å². The number of sulfonamides is 1. The molecule has 0 radical (unpaired) electrons. The molecule has 0 aliphatic carbocycles. The topological polar surface area (TPSA) is 72.5 Å². The van der Waals surface area contributed by atoms with Gasteiger partial charge in [0, 0.05) is 0 Å². The summed E-state index contributed by atoms with van der Waals surface area (Å²) in [4.78, 5) is 13.4.